The van der Waals surface area contributed by atoms with Crippen molar-refractivity contribution in [2.24, 2.45) is 0 Å². The van der Waals surface area contributed by atoms with E-state index in [2.05, 4.69) is 41.4 Å². The van der Waals surface area contributed by atoms with Crippen molar-refractivity contribution in [3.63, 3.8) is 0 Å². The Morgan fingerprint density at radius 2 is 1.97 bits per heavy atom. The van der Waals surface area contributed by atoms with Crippen LogP contribution in [0.3, 0.4) is 0 Å². The number of nitrogens with zero attached hydrogens (tertiary/aromatic N) is 7. The summed E-state index contributed by atoms with van der Waals surface area (Å²) in [4.78, 5) is 21.4. The first-order valence-corrected chi connectivity index (χ1v) is 9.53. The fourth-order valence-electron chi connectivity index (χ4n) is 2.92. The maximum absolute atomic E-state index is 13.2. The smallest absolute Gasteiger partial charge is 0.284 e. The van der Waals surface area contributed by atoms with E-state index in [1.807, 2.05) is 24.3 Å². The molecule has 0 bridgehead atoms. The highest BCUT2D eigenvalue weighted by Gasteiger charge is 2.16. The first kappa shape index (κ1) is 18.3. The predicted molar refractivity (Wildman–Crippen MR) is 107 cm³/mol. The van der Waals surface area contributed by atoms with Gasteiger partial charge < -0.3 is 4.52 Å². The summed E-state index contributed by atoms with van der Waals surface area (Å²) in [7, 11) is 0. The van der Waals surface area contributed by atoms with E-state index in [0.717, 1.165) is 10.0 Å². The third kappa shape index (κ3) is 3.28. The van der Waals surface area contributed by atoms with Crippen molar-refractivity contribution in [2.75, 3.05) is 0 Å². The van der Waals surface area contributed by atoms with Crippen LogP contribution in [0.15, 0.2) is 68.6 Å². The minimum absolute atomic E-state index is 0.0339. The summed E-state index contributed by atoms with van der Waals surface area (Å²) in [5.41, 5.74) is 1.26. The second-order valence-electron chi connectivity index (χ2n) is 6.35. The largest absolute Gasteiger partial charge is 0.337 e. The van der Waals surface area contributed by atoms with Crippen LogP contribution in [0.1, 0.15) is 5.89 Å². The molecule has 0 spiro atoms. The van der Waals surface area contributed by atoms with Crippen LogP contribution in [0.25, 0.3) is 28.2 Å². The van der Waals surface area contributed by atoms with Crippen LogP contribution in [-0.4, -0.2) is 34.7 Å². The number of benzene rings is 2. The summed E-state index contributed by atoms with van der Waals surface area (Å²) in [6.07, 6.45) is 1.36. The molecule has 0 aliphatic heterocycles. The lowest BCUT2D eigenvalue weighted by atomic mass is 10.2. The van der Waals surface area contributed by atoms with Crippen LogP contribution in [0.5, 0.6) is 0 Å². The fraction of sp³-hybridized carbons (Fsp3) is 0.0526. The molecule has 0 aliphatic carbocycles. The highest BCUT2D eigenvalue weighted by atomic mass is 79.9. The van der Waals surface area contributed by atoms with Gasteiger partial charge in [0.15, 0.2) is 11.2 Å². The van der Waals surface area contributed by atoms with Crippen LogP contribution >= 0.6 is 15.9 Å². The molecule has 0 radical (unpaired) electrons. The van der Waals surface area contributed by atoms with Gasteiger partial charge in [0, 0.05) is 10.0 Å². The first-order valence-electron chi connectivity index (χ1n) is 8.74. The molecule has 0 aliphatic rings. The van der Waals surface area contributed by atoms with Gasteiger partial charge in [0.2, 0.25) is 11.7 Å². The van der Waals surface area contributed by atoms with Gasteiger partial charge in [-0.15, -0.1) is 5.10 Å². The van der Waals surface area contributed by atoms with Gasteiger partial charge in [-0.1, -0.05) is 38.4 Å². The number of rotatable bonds is 4. The third-order valence-corrected chi connectivity index (χ3v) is 4.85. The summed E-state index contributed by atoms with van der Waals surface area (Å²) in [6, 6.07) is 13.1. The Balaban J connectivity index is 1.47. The maximum Gasteiger partial charge on any atom is 0.284 e. The predicted octanol–water partition coefficient (Wildman–Crippen LogP) is 2.98. The SMILES string of the molecule is O=c1c2nnn(-c3ccc(F)cc3)c2ncn1Cc1nc(-c2cccc(Br)c2)no1. The van der Waals surface area contributed by atoms with Gasteiger partial charge in [0.25, 0.3) is 5.56 Å². The number of aromatic nitrogens is 7. The molecule has 30 heavy (non-hydrogen) atoms. The minimum atomic E-state index is -0.407. The molecule has 9 nitrogen and oxygen atoms in total. The van der Waals surface area contributed by atoms with E-state index in [4.69, 9.17) is 4.52 Å². The zero-order chi connectivity index (χ0) is 20.7. The Hall–Kier alpha value is -3.73. The minimum Gasteiger partial charge on any atom is -0.337 e. The van der Waals surface area contributed by atoms with Crippen LogP contribution in [0.2, 0.25) is 0 Å². The summed E-state index contributed by atoms with van der Waals surface area (Å²) >= 11 is 3.40. The standard InChI is InChI=1S/C19H11BrFN7O2/c20-12-3-1-2-11(8-12)17-23-15(30-25-17)9-27-10-22-18-16(19(27)29)24-26-28(18)14-6-4-13(21)5-7-14/h1-8,10H,9H2. The highest BCUT2D eigenvalue weighted by Crippen LogP contribution is 2.20. The average Bonchev–Trinajstić information content (AvgIpc) is 3.38. The van der Waals surface area contributed by atoms with E-state index in [0.29, 0.717) is 11.5 Å². The summed E-state index contributed by atoms with van der Waals surface area (Å²) in [5.74, 6) is 0.287. The van der Waals surface area contributed by atoms with Crippen molar-refractivity contribution in [1.29, 1.82) is 0 Å². The number of hydrogen-bond donors (Lipinski definition) is 0. The molecule has 0 amide bonds. The van der Waals surface area contributed by atoms with Crippen LogP contribution in [0.4, 0.5) is 4.39 Å². The molecule has 5 rings (SSSR count). The number of hydrogen-bond acceptors (Lipinski definition) is 7. The van der Waals surface area contributed by atoms with Crippen molar-refractivity contribution in [1.82, 2.24) is 34.7 Å². The lowest BCUT2D eigenvalue weighted by molar-refractivity contribution is 0.369. The first-order chi connectivity index (χ1) is 14.6. The molecule has 148 valence electrons. The number of fused-ring (bicyclic) bond motifs is 1. The van der Waals surface area contributed by atoms with E-state index >= 15 is 0 Å². The molecule has 3 aromatic heterocycles. The molecule has 5 aromatic rings. The normalized spacial score (nSPS) is 11.3. The number of halogens is 2. The Morgan fingerprint density at radius 3 is 2.77 bits per heavy atom. The van der Waals surface area contributed by atoms with Gasteiger partial charge in [-0.05, 0) is 36.4 Å². The molecule has 0 atom stereocenters. The van der Waals surface area contributed by atoms with Gasteiger partial charge in [0.1, 0.15) is 18.7 Å². The Kier molecular flexibility index (Phi) is 4.43. The molecule has 0 fully saturated rings. The zero-order valence-corrected chi connectivity index (χ0v) is 16.7. The van der Waals surface area contributed by atoms with Crippen LogP contribution < -0.4 is 5.56 Å². The lowest BCUT2D eigenvalue weighted by Gasteiger charge is -2.03. The van der Waals surface area contributed by atoms with Gasteiger partial charge in [0.05, 0.1) is 5.69 Å². The van der Waals surface area contributed by atoms with E-state index in [1.165, 1.54) is 39.8 Å². The van der Waals surface area contributed by atoms with Crippen molar-refractivity contribution < 1.29 is 8.91 Å². The Morgan fingerprint density at radius 1 is 1.13 bits per heavy atom. The van der Waals surface area contributed by atoms with Crippen molar-refractivity contribution in [3.8, 4) is 17.1 Å². The maximum atomic E-state index is 13.2. The molecule has 2 aromatic carbocycles. The molecule has 0 saturated heterocycles. The third-order valence-electron chi connectivity index (χ3n) is 4.36. The second kappa shape index (κ2) is 7.26. The molecule has 0 N–H and O–H groups in total. The molecule has 11 heteroatoms. The molecule has 0 saturated carbocycles. The van der Waals surface area contributed by atoms with E-state index in [-0.39, 0.29) is 29.4 Å². The van der Waals surface area contributed by atoms with Crippen molar-refractivity contribution in [2.45, 2.75) is 6.54 Å². The lowest BCUT2D eigenvalue weighted by Crippen LogP contribution is -2.21. The van der Waals surface area contributed by atoms with Crippen LogP contribution in [0, 0.1) is 5.82 Å². The van der Waals surface area contributed by atoms with Gasteiger partial charge >= 0.3 is 0 Å². The van der Waals surface area contributed by atoms with Crippen molar-refractivity contribution in [3.05, 3.63) is 81.4 Å². The fourth-order valence-corrected chi connectivity index (χ4v) is 3.32. The van der Waals surface area contributed by atoms with Crippen LogP contribution in [-0.2, 0) is 6.54 Å². The Labute approximate surface area is 175 Å². The second-order valence-corrected chi connectivity index (χ2v) is 7.27. The molecular weight excluding hydrogens is 457 g/mol. The molecule has 3 heterocycles. The quantitative estimate of drug-likeness (QED) is 0.400. The van der Waals surface area contributed by atoms with Gasteiger partial charge in [-0.25, -0.2) is 9.37 Å². The van der Waals surface area contributed by atoms with Crippen molar-refractivity contribution >= 4 is 27.1 Å². The topological polar surface area (TPSA) is 105 Å². The summed E-state index contributed by atoms with van der Waals surface area (Å²) < 4.78 is 22.0. The highest BCUT2D eigenvalue weighted by molar-refractivity contribution is 9.10. The summed E-state index contributed by atoms with van der Waals surface area (Å²) in [6.45, 7) is 0.0339. The molecule has 0 unspecified atom stereocenters. The Bertz CT molecular complexity index is 1430. The van der Waals surface area contributed by atoms with E-state index < -0.39 is 5.56 Å². The summed E-state index contributed by atoms with van der Waals surface area (Å²) in [5, 5.41) is 11.9. The molecular formula is C19H11BrFN7O2. The monoisotopic (exact) mass is 467 g/mol. The average molecular weight is 468 g/mol. The van der Waals surface area contributed by atoms with E-state index in [1.54, 1.807) is 0 Å². The van der Waals surface area contributed by atoms with Gasteiger partial charge in [-0.3, -0.25) is 9.36 Å². The zero-order valence-electron chi connectivity index (χ0n) is 15.1. The van der Waals surface area contributed by atoms with Gasteiger partial charge in [-0.2, -0.15) is 9.67 Å². The van der Waals surface area contributed by atoms with E-state index in [9.17, 15) is 9.18 Å².